The van der Waals surface area contributed by atoms with Crippen LogP contribution < -0.4 is 0 Å². The standard InChI is InChI=1S/C14H28N2/c1-5-7-11-16(6-2)12-9-8-10-14(3,4)13-15/h5-12H2,1-4H3. The maximum atomic E-state index is 8.90. The zero-order chi connectivity index (χ0) is 12.4. The number of hydrogen-bond acceptors (Lipinski definition) is 2. The number of unbranched alkanes of at least 4 members (excludes halogenated alkanes) is 2. The first kappa shape index (κ1) is 15.4. The van der Waals surface area contributed by atoms with E-state index in [0.717, 1.165) is 13.0 Å². The van der Waals surface area contributed by atoms with E-state index >= 15 is 0 Å². The smallest absolute Gasteiger partial charge is 0.0683 e. The lowest BCUT2D eigenvalue weighted by molar-refractivity contribution is 0.271. The van der Waals surface area contributed by atoms with Crippen molar-refractivity contribution in [3.63, 3.8) is 0 Å². The van der Waals surface area contributed by atoms with Crippen LogP contribution >= 0.6 is 0 Å². The highest BCUT2D eigenvalue weighted by atomic mass is 15.1. The Balaban J connectivity index is 3.60. The van der Waals surface area contributed by atoms with E-state index in [1.54, 1.807) is 0 Å². The van der Waals surface area contributed by atoms with Gasteiger partial charge in [0.1, 0.15) is 0 Å². The first-order valence-corrected chi connectivity index (χ1v) is 6.69. The molecule has 0 bridgehead atoms. The maximum Gasteiger partial charge on any atom is 0.0683 e. The minimum atomic E-state index is -0.138. The zero-order valence-electron chi connectivity index (χ0n) is 11.6. The van der Waals surface area contributed by atoms with Crippen LogP contribution in [0.3, 0.4) is 0 Å². The van der Waals surface area contributed by atoms with Crippen molar-refractivity contribution < 1.29 is 0 Å². The van der Waals surface area contributed by atoms with E-state index in [9.17, 15) is 0 Å². The summed E-state index contributed by atoms with van der Waals surface area (Å²) >= 11 is 0. The van der Waals surface area contributed by atoms with E-state index < -0.39 is 0 Å². The molecular weight excluding hydrogens is 196 g/mol. The molecule has 0 spiro atoms. The molecule has 0 N–H and O–H groups in total. The Morgan fingerprint density at radius 1 is 1.06 bits per heavy atom. The highest BCUT2D eigenvalue weighted by Gasteiger charge is 2.15. The van der Waals surface area contributed by atoms with Crippen LogP contribution in [0.5, 0.6) is 0 Å². The third-order valence-electron chi connectivity index (χ3n) is 3.10. The van der Waals surface area contributed by atoms with Crippen LogP contribution in [-0.4, -0.2) is 24.5 Å². The summed E-state index contributed by atoms with van der Waals surface area (Å²) in [6, 6.07) is 2.36. The van der Waals surface area contributed by atoms with Crippen LogP contribution in [0.1, 0.15) is 59.8 Å². The van der Waals surface area contributed by atoms with Gasteiger partial charge in [0.05, 0.1) is 11.5 Å². The molecule has 0 fully saturated rings. The summed E-state index contributed by atoms with van der Waals surface area (Å²) in [4.78, 5) is 2.52. The molecule has 0 atom stereocenters. The number of rotatable bonds is 9. The molecule has 0 unspecified atom stereocenters. The molecule has 0 heterocycles. The van der Waals surface area contributed by atoms with Gasteiger partial charge in [0, 0.05) is 0 Å². The van der Waals surface area contributed by atoms with Gasteiger partial charge in [-0.05, 0) is 52.7 Å². The van der Waals surface area contributed by atoms with Crippen LogP contribution in [-0.2, 0) is 0 Å². The fourth-order valence-electron chi connectivity index (χ4n) is 1.77. The predicted molar refractivity (Wildman–Crippen MR) is 70.3 cm³/mol. The van der Waals surface area contributed by atoms with Crippen molar-refractivity contribution >= 4 is 0 Å². The highest BCUT2D eigenvalue weighted by molar-refractivity contribution is 4.91. The van der Waals surface area contributed by atoms with Gasteiger partial charge in [-0.2, -0.15) is 5.26 Å². The second-order valence-electron chi connectivity index (χ2n) is 5.24. The summed E-state index contributed by atoms with van der Waals surface area (Å²) in [5, 5.41) is 8.90. The summed E-state index contributed by atoms with van der Waals surface area (Å²) in [5.74, 6) is 0. The summed E-state index contributed by atoms with van der Waals surface area (Å²) in [6.07, 6.45) is 6.00. The summed E-state index contributed by atoms with van der Waals surface area (Å²) < 4.78 is 0. The molecule has 0 aliphatic carbocycles. The molecule has 16 heavy (non-hydrogen) atoms. The lowest BCUT2D eigenvalue weighted by atomic mass is 9.89. The predicted octanol–water partition coefficient (Wildman–Crippen LogP) is 3.83. The molecule has 0 radical (unpaired) electrons. The minimum Gasteiger partial charge on any atom is -0.304 e. The molecule has 0 saturated heterocycles. The van der Waals surface area contributed by atoms with Crippen molar-refractivity contribution in [1.29, 1.82) is 5.26 Å². The quantitative estimate of drug-likeness (QED) is 0.557. The molecule has 2 heteroatoms. The summed E-state index contributed by atoms with van der Waals surface area (Å²) in [7, 11) is 0. The first-order valence-electron chi connectivity index (χ1n) is 6.69. The molecule has 0 aromatic carbocycles. The van der Waals surface area contributed by atoms with Crippen molar-refractivity contribution in [2.75, 3.05) is 19.6 Å². The Morgan fingerprint density at radius 3 is 2.19 bits per heavy atom. The zero-order valence-corrected chi connectivity index (χ0v) is 11.6. The summed E-state index contributed by atoms with van der Waals surface area (Å²) in [5.41, 5.74) is -0.138. The van der Waals surface area contributed by atoms with Gasteiger partial charge >= 0.3 is 0 Å². The first-order chi connectivity index (χ1) is 7.55. The van der Waals surface area contributed by atoms with Crippen LogP contribution in [0.15, 0.2) is 0 Å². The molecule has 2 nitrogen and oxygen atoms in total. The van der Waals surface area contributed by atoms with Gasteiger partial charge in [-0.25, -0.2) is 0 Å². The van der Waals surface area contributed by atoms with Crippen LogP contribution in [0.4, 0.5) is 0 Å². The maximum absolute atomic E-state index is 8.90. The number of nitrogens with zero attached hydrogens (tertiary/aromatic N) is 2. The van der Waals surface area contributed by atoms with E-state index in [0.29, 0.717) is 0 Å². The van der Waals surface area contributed by atoms with E-state index in [1.165, 1.54) is 38.8 Å². The summed E-state index contributed by atoms with van der Waals surface area (Å²) in [6.45, 7) is 12.1. The van der Waals surface area contributed by atoms with Gasteiger partial charge in [0.2, 0.25) is 0 Å². The van der Waals surface area contributed by atoms with Crippen LogP contribution in [0.25, 0.3) is 0 Å². The van der Waals surface area contributed by atoms with Crippen LogP contribution in [0, 0.1) is 16.7 Å². The van der Waals surface area contributed by atoms with Crippen molar-refractivity contribution in [1.82, 2.24) is 4.90 Å². The minimum absolute atomic E-state index is 0.138. The van der Waals surface area contributed by atoms with Crippen molar-refractivity contribution in [2.45, 2.75) is 59.8 Å². The van der Waals surface area contributed by atoms with Gasteiger partial charge in [-0.3, -0.25) is 0 Å². The fraction of sp³-hybridized carbons (Fsp3) is 0.929. The molecular formula is C14H28N2. The molecule has 0 saturated carbocycles. The van der Waals surface area contributed by atoms with Gasteiger partial charge in [-0.15, -0.1) is 0 Å². The Bertz CT molecular complexity index is 203. The number of hydrogen-bond donors (Lipinski definition) is 0. The Hall–Kier alpha value is -0.550. The largest absolute Gasteiger partial charge is 0.304 e. The third-order valence-corrected chi connectivity index (χ3v) is 3.10. The molecule has 0 rings (SSSR count). The van der Waals surface area contributed by atoms with Crippen molar-refractivity contribution in [3.05, 3.63) is 0 Å². The van der Waals surface area contributed by atoms with Gasteiger partial charge in [0.15, 0.2) is 0 Å². The van der Waals surface area contributed by atoms with Crippen LogP contribution in [0.2, 0.25) is 0 Å². The Kier molecular flexibility index (Phi) is 8.29. The van der Waals surface area contributed by atoms with Gasteiger partial charge in [-0.1, -0.05) is 26.7 Å². The monoisotopic (exact) mass is 224 g/mol. The SMILES string of the molecule is CCCCN(CC)CCCCC(C)(C)C#N. The van der Waals surface area contributed by atoms with E-state index in [1.807, 2.05) is 13.8 Å². The average molecular weight is 224 g/mol. The highest BCUT2D eigenvalue weighted by Crippen LogP contribution is 2.21. The average Bonchev–Trinajstić information content (AvgIpc) is 2.28. The molecule has 0 aliphatic rings. The molecule has 0 aromatic heterocycles. The Morgan fingerprint density at radius 2 is 1.69 bits per heavy atom. The van der Waals surface area contributed by atoms with E-state index in [4.69, 9.17) is 5.26 Å². The molecule has 0 aliphatic heterocycles. The van der Waals surface area contributed by atoms with E-state index in [2.05, 4.69) is 24.8 Å². The second kappa shape index (κ2) is 8.58. The molecule has 0 aromatic rings. The fourth-order valence-corrected chi connectivity index (χ4v) is 1.77. The molecule has 0 amide bonds. The second-order valence-corrected chi connectivity index (χ2v) is 5.24. The number of nitriles is 1. The van der Waals surface area contributed by atoms with Crippen molar-refractivity contribution in [3.8, 4) is 6.07 Å². The lowest BCUT2D eigenvalue weighted by Gasteiger charge is -2.21. The topological polar surface area (TPSA) is 27.0 Å². The molecule has 94 valence electrons. The van der Waals surface area contributed by atoms with Gasteiger partial charge in [0.25, 0.3) is 0 Å². The Labute approximate surface area is 102 Å². The van der Waals surface area contributed by atoms with Gasteiger partial charge < -0.3 is 4.90 Å². The third kappa shape index (κ3) is 7.70. The van der Waals surface area contributed by atoms with Crippen molar-refractivity contribution in [2.24, 2.45) is 5.41 Å². The normalized spacial score (nSPS) is 11.8. The lowest BCUT2D eigenvalue weighted by Crippen LogP contribution is -2.25. The van der Waals surface area contributed by atoms with E-state index in [-0.39, 0.29) is 5.41 Å².